The molecule has 1 aliphatic heterocycles. The minimum absolute atomic E-state index is 0.00293. The molecule has 0 radical (unpaired) electrons. The van der Waals surface area contributed by atoms with Crippen LogP contribution in [0.5, 0.6) is 11.5 Å². The van der Waals surface area contributed by atoms with Crippen molar-refractivity contribution in [1.29, 1.82) is 0 Å². The van der Waals surface area contributed by atoms with Gasteiger partial charge in [-0.1, -0.05) is 18.9 Å². The molecule has 2 aliphatic rings. The Morgan fingerprint density at radius 2 is 1.81 bits per heavy atom. The number of hydrogen-bond donors (Lipinski definition) is 0. The Balaban J connectivity index is 1.60. The van der Waals surface area contributed by atoms with Gasteiger partial charge < -0.3 is 24.0 Å². The van der Waals surface area contributed by atoms with Crippen LogP contribution >= 0.6 is 0 Å². The lowest BCUT2D eigenvalue weighted by Crippen LogP contribution is -2.44. The summed E-state index contributed by atoms with van der Waals surface area (Å²) in [7, 11) is 4.55. The number of methoxy groups -OCH3 is 3. The Kier molecular flexibility index (Phi) is 8.36. The maximum atomic E-state index is 13.3. The van der Waals surface area contributed by atoms with Gasteiger partial charge in [0.15, 0.2) is 11.5 Å². The van der Waals surface area contributed by atoms with Crippen LogP contribution in [0.25, 0.3) is 0 Å². The van der Waals surface area contributed by atoms with Crippen molar-refractivity contribution in [3.8, 4) is 11.5 Å². The Morgan fingerprint density at radius 3 is 2.47 bits per heavy atom. The van der Waals surface area contributed by atoms with Gasteiger partial charge in [-0.05, 0) is 37.0 Å². The molecule has 0 N–H and O–H groups in total. The van der Waals surface area contributed by atoms with E-state index < -0.39 is 0 Å². The summed E-state index contributed by atoms with van der Waals surface area (Å²) >= 11 is 0. The van der Waals surface area contributed by atoms with Crippen molar-refractivity contribution < 1.29 is 28.6 Å². The Bertz CT molecular complexity index is 821. The summed E-state index contributed by atoms with van der Waals surface area (Å²) in [5.74, 6) is 0.638. The maximum Gasteiger partial charge on any atom is 0.307 e. The standard InChI is InChI=1S/C24H34N2O6/c1-30-20-9-8-17(14-21(20)31-2)10-12-25-16-18(15-22(25)27)24(29)26(13-11-23(28)32-3)19-6-4-5-7-19/h8-9,14,18-19H,4-7,10-13,15-16H2,1-3H3. The molecular weight excluding hydrogens is 412 g/mol. The van der Waals surface area contributed by atoms with E-state index in [0.29, 0.717) is 37.6 Å². The van der Waals surface area contributed by atoms with Gasteiger partial charge in [-0.25, -0.2) is 0 Å². The highest BCUT2D eigenvalue weighted by molar-refractivity contribution is 5.89. The molecule has 2 amide bonds. The van der Waals surface area contributed by atoms with Gasteiger partial charge in [-0.3, -0.25) is 14.4 Å². The number of carbonyl (C=O) groups excluding carboxylic acids is 3. The third kappa shape index (κ3) is 5.72. The molecule has 1 heterocycles. The number of esters is 1. The van der Waals surface area contributed by atoms with Gasteiger partial charge in [-0.2, -0.15) is 0 Å². The van der Waals surface area contributed by atoms with E-state index in [0.717, 1.165) is 31.2 Å². The van der Waals surface area contributed by atoms with Crippen molar-refractivity contribution in [3.63, 3.8) is 0 Å². The van der Waals surface area contributed by atoms with E-state index >= 15 is 0 Å². The summed E-state index contributed by atoms with van der Waals surface area (Å²) < 4.78 is 15.4. The number of benzene rings is 1. The quantitative estimate of drug-likeness (QED) is 0.513. The zero-order chi connectivity index (χ0) is 23.1. The lowest BCUT2D eigenvalue weighted by molar-refractivity contribution is -0.143. The zero-order valence-electron chi connectivity index (χ0n) is 19.3. The molecule has 1 aliphatic carbocycles. The number of ether oxygens (including phenoxy) is 3. The van der Waals surface area contributed by atoms with Crippen molar-refractivity contribution in [2.45, 2.75) is 51.0 Å². The molecule has 1 aromatic carbocycles. The van der Waals surface area contributed by atoms with Gasteiger partial charge in [0.05, 0.1) is 33.7 Å². The van der Waals surface area contributed by atoms with Crippen molar-refractivity contribution in [1.82, 2.24) is 9.80 Å². The van der Waals surface area contributed by atoms with Gasteiger partial charge >= 0.3 is 5.97 Å². The highest BCUT2D eigenvalue weighted by Crippen LogP contribution is 2.30. The summed E-state index contributed by atoms with van der Waals surface area (Å²) in [5.41, 5.74) is 1.04. The molecule has 1 unspecified atom stereocenters. The number of hydrogen-bond acceptors (Lipinski definition) is 6. The van der Waals surface area contributed by atoms with E-state index in [4.69, 9.17) is 14.2 Å². The molecular formula is C24H34N2O6. The molecule has 3 rings (SSSR count). The molecule has 0 aromatic heterocycles. The summed E-state index contributed by atoms with van der Waals surface area (Å²) in [6.07, 6.45) is 5.17. The second-order valence-electron chi connectivity index (χ2n) is 8.48. The van der Waals surface area contributed by atoms with E-state index in [1.807, 2.05) is 23.1 Å². The van der Waals surface area contributed by atoms with Crippen LogP contribution in [0, 0.1) is 5.92 Å². The first-order valence-corrected chi connectivity index (χ1v) is 11.3. The fourth-order valence-electron chi connectivity index (χ4n) is 4.69. The van der Waals surface area contributed by atoms with E-state index in [1.165, 1.54) is 7.11 Å². The second-order valence-corrected chi connectivity index (χ2v) is 8.48. The SMILES string of the molecule is COC(=O)CCN(C(=O)C1CC(=O)N(CCc2ccc(OC)c(OC)c2)C1)C1CCCC1. The summed E-state index contributed by atoms with van der Waals surface area (Å²) in [4.78, 5) is 41.2. The van der Waals surface area contributed by atoms with Gasteiger partial charge in [0.1, 0.15) is 0 Å². The van der Waals surface area contributed by atoms with Gasteiger partial charge in [0.25, 0.3) is 0 Å². The minimum Gasteiger partial charge on any atom is -0.493 e. The van der Waals surface area contributed by atoms with E-state index in [-0.39, 0.29) is 42.6 Å². The smallest absolute Gasteiger partial charge is 0.307 e. The molecule has 1 saturated carbocycles. The fraction of sp³-hybridized carbons (Fsp3) is 0.625. The number of carbonyl (C=O) groups is 3. The van der Waals surface area contributed by atoms with Crippen LogP contribution in [-0.2, 0) is 25.5 Å². The Labute approximate surface area is 189 Å². The molecule has 1 atom stereocenters. The van der Waals surface area contributed by atoms with Crippen LogP contribution in [0.4, 0.5) is 0 Å². The number of rotatable bonds is 10. The van der Waals surface area contributed by atoms with Gasteiger partial charge in [0.2, 0.25) is 11.8 Å². The fourth-order valence-corrected chi connectivity index (χ4v) is 4.69. The van der Waals surface area contributed by atoms with Crippen LogP contribution in [0.15, 0.2) is 18.2 Å². The van der Waals surface area contributed by atoms with Crippen LogP contribution in [0.3, 0.4) is 0 Å². The monoisotopic (exact) mass is 446 g/mol. The second kappa shape index (κ2) is 11.2. The van der Waals surface area contributed by atoms with Crippen molar-refractivity contribution >= 4 is 17.8 Å². The van der Waals surface area contributed by atoms with Crippen LogP contribution in [0.2, 0.25) is 0 Å². The summed E-state index contributed by atoms with van der Waals surface area (Å²) in [6, 6.07) is 5.88. The molecule has 1 saturated heterocycles. The predicted octanol–water partition coefficient (Wildman–Crippen LogP) is 2.43. The van der Waals surface area contributed by atoms with E-state index in [9.17, 15) is 14.4 Å². The van der Waals surface area contributed by atoms with E-state index in [1.54, 1.807) is 19.1 Å². The molecule has 32 heavy (non-hydrogen) atoms. The molecule has 8 heteroatoms. The van der Waals surface area contributed by atoms with Gasteiger partial charge in [0, 0.05) is 32.1 Å². The first-order chi connectivity index (χ1) is 15.5. The molecule has 8 nitrogen and oxygen atoms in total. The third-order valence-electron chi connectivity index (χ3n) is 6.52. The minimum atomic E-state index is -0.355. The maximum absolute atomic E-state index is 13.3. The third-order valence-corrected chi connectivity index (χ3v) is 6.52. The van der Waals surface area contributed by atoms with Crippen molar-refractivity contribution in [2.24, 2.45) is 5.92 Å². The average molecular weight is 447 g/mol. The molecule has 1 aromatic rings. The molecule has 176 valence electrons. The number of likely N-dealkylation sites (tertiary alicyclic amines) is 1. The topological polar surface area (TPSA) is 85.4 Å². The number of amides is 2. The molecule has 0 spiro atoms. The lowest BCUT2D eigenvalue weighted by atomic mass is 10.0. The summed E-state index contributed by atoms with van der Waals surface area (Å²) in [6.45, 7) is 1.32. The first-order valence-electron chi connectivity index (χ1n) is 11.3. The van der Waals surface area contributed by atoms with Crippen molar-refractivity contribution in [2.75, 3.05) is 41.0 Å². The van der Waals surface area contributed by atoms with Crippen LogP contribution in [-0.4, -0.2) is 74.6 Å². The average Bonchev–Trinajstić information content (AvgIpc) is 3.47. The highest BCUT2D eigenvalue weighted by atomic mass is 16.5. The lowest BCUT2D eigenvalue weighted by Gasteiger charge is -2.31. The largest absolute Gasteiger partial charge is 0.493 e. The van der Waals surface area contributed by atoms with Crippen molar-refractivity contribution in [3.05, 3.63) is 23.8 Å². The van der Waals surface area contributed by atoms with Crippen LogP contribution in [0.1, 0.15) is 44.1 Å². The van der Waals surface area contributed by atoms with E-state index in [2.05, 4.69) is 0 Å². The molecule has 2 fully saturated rings. The molecule has 0 bridgehead atoms. The van der Waals surface area contributed by atoms with Gasteiger partial charge in [-0.15, -0.1) is 0 Å². The number of nitrogens with zero attached hydrogens (tertiary/aromatic N) is 2. The highest BCUT2D eigenvalue weighted by Gasteiger charge is 2.38. The zero-order valence-corrected chi connectivity index (χ0v) is 19.3. The summed E-state index contributed by atoms with van der Waals surface area (Å²) in [5, 5.41) is 0. The first kappa shape index (κ1) is 23.9. The predicted molar refractivity (Wildman–Crippen MR) is 119 cm³/mol. The van der Waals surface area contributed by atoms with Crippen LogP contribution < -0.4 is 9.47 Å². The Hall–Kier alpha value is -2.77. The Morgan fingerprint density at radius 1 is 1.09 bits per heavy atom. The normalized spacial score (nSPS) is 18.7.